The molecule has 0 radical (unpaired) electrons. The van der Waals surface area contributed by atoms with Crippen molar-refractivity contribution >= 4 is 17.8 Å². The summed E-state index contributed by atoms with van der Waals surface area (Å²) in [7, 11) is 0. The lowest BCUT2D eigenvalue weighted by molar-refractivity contribution is -0.136. The fourth-order valence-corrected chi connectivity index (χ4v) is 3.68. The summed E-state index contributed by atoms with van der Waals surface area (Å²) in [6.07, 6.45) is 4.26. The van der Waals surface area contributed by atoms with Gasteiger partial charge in [-0.3, -0.25) is 14.5 Å². The van der Waals surface area contributed by atoms with Crippen LogP contribution in [0.25, 0.3) is 0 Å². The van der Waals surface area contributed by atoms with Crippen molar-refractivity contribution < 1.29 is 14.4 Å². The normalized spacial score (nSPS) is 20.5. The van der Waals surface area contributed by atoms with Crippen LogP contribution in [0.5, 0.6) is 0 Å². The highest BCUT2D eigenvalue weighted by Crippen LogP contribution is 2.33. The second-order valence-corrected chi connectivity index (χ2v) is 7.16. The molecule has 1 spiro atoms. The summed E-state index contributed by atoms with van der Waals surface area (Å²) in [6.45, 7) is 3.66. The van der Waals surface area contributed by atoms with E-state index in [0.717, 1.165) is 35.3 Å². The van der Waals surface area contributed by atoms with E-state index in [2.05, 4.69) is 10.6 Å². The molecule has 1 atom stereocenters. The Labute approximate surface area is 148 Å². The topological polar surface area (TPSA) is 78.5 Å². The predicted molar refractivity (Wildman–Crippen MR) is 93.8 cm³/mol. The van der Waals surface area contributed by atoms with Crippen molar-refractivity contribution in [3.63, 3.8) is 0 Å². The molecule has 6 nitrogen and oxygen atoms in total. The maximum absolute atomic E-state index is 12.7. The van der Waals surface area contributed by atoms with Crippen molar-refractivity contribution in [1.82, 2.24) is 15.5 Å². The number of nitrogens with one attached hydrogen (secondary N) is 2. The Balaban J connectivity index is 1.61. The van der Waals surface area contributed by atoms with Crippen LogP contribution in [0.15, 0.2) is 24.3 Å². The number of amides is 4. The fraction of sp³-hybridized carbons (Fsp3) is 0.526. The van der Waals surface area contributed by atoms with Gasteiger partial charge >= 0.3 is 6.03 Å². The van der Waals surface area contributed by atoms with Gasteiger partial charge in [0.25, 0.3) is 5.91 Å². The van der Waals surface area contributed by atoms with E-state index >= 15 is 0 Å². The zero-order valence-corrected chi connectivity index (χ0v) is 14.8. The van der Waals surface area contributed by atoms with E-state index in [-0.39, 0.29) is 24.4 Å². The third-order valence-corrected chi connectivity index (χ3v) is 5.21. The maximum Gasteiger partial charge on any atom is 0.325 e. The summed E-state index contributed by atoms with van der Waals surface area (Å²) in [5, 5.41) is 5.69. The minimum absolute atomic E-state index is 0.183. The van der Waals surface area contributed by atoms with Crippen LogP contribution in [0.3, 0.4) is 0 Å². The average Bonchev–Trinajstić information content (AvgIpc) is 2.80. The maximum atomic E-state index is 12.7. The Hall–Kier alpha value is -2.37. The molecule has 1 aromatic carbocycles. The number of carbonyl (C=O) groups is 3. The van der Waals surface area contributed by atoms with Crippen LogP contribution in [0.4, 0.5) is 4.79 Å². The summed E-state index contributed by atoms with van der Waals surface area (Å²) in [5.74, 6) is -0.584. The van der Waals surface area contributed by atoms with Gasteiger partial charge in [-0.15, -0.1) is 0 Å². The number of carbonyl (C=O) groups excluding carboxylic acids is 3. The van der Waals surface area contributed by atoms with E-state index in [1.165, 1.54) is 0 Å². The third-order valence-electron chi connectivity index (χ3n) is 5.21. The molecule has 1 aliphatic carbocycles. The van der Waals surface area contributed by atoms with Gasteiger partial charge in [-0.05, 0) is 32.3 Å². The van der Waals surface area contributed by atoms with Gasteiger partial charge in [-0.2, -0.15) is 0 Å². The van der Waals surface area contributed by atoms with Gasteiger partial charge in [0.15, 0.2) is 0 Å². The Morgan fingerprint density at radius 3 is 2.48 bits per heavy atom. The second kappa shape index (κ2) is 6.86. The quantitative estimate of drug-likeness (QED) is 0.824. The smallest absolute Gasteiger partial charge is 0.325 e. The first-order chi connectivity index (χ1) is 11.9. The highest BCUT2D eigenvalue weighted by atomic mass is 16.2. The summed E-state index contributed by atoms with van der Waals surface area (Å²) in [4.78, 5) is 38.3. The van der Waals surface area contributed by atoms with E-state index in [1.807, 2.05) is 38.1 Å². The second-order valence-electron chi connectivity index (χ2n) is 7.16. The van der Waals surface area contributed by atoms with E-state index in [4.69, 9.17) is 0 Å². The van der Waals surface area contributed by atoms with Gasteiger partial charge in [-0.25, -0.2) is 4.79 Å². The van der Waals surface area contributed by atoms with E-state index in [1.54, 1.807) is 0 Å². The van der Waals surface area contributed by atoms with Gasteiger partial charge in [0.2, 0.25) is 5.91 Å². The van der Waals surface area contributed by atoms with Crippen molar-refractivity contribution in [2.75, 3.05) is 6.54 Å². The number of aryl methyl sites for hydroxylation is 1. The van der Waals surface area contributed by atoms with Crippen LogP contribution >= 0.6 is 0 Å². The first-order valence-corrected chi connectivity index (χ1v) is 8.91. The van der Waals surface area contributed by atoms with Gasteiger partial charge in [0.1, 0.15) is 12.1 Å². The average molecular weight is 343 g/mol. The first-order valence-electron chi connectivity index (χ1n) is 8.91. The molecule has 1 heterocycles. The van der Waals surface area contributed by atoms with Crippen LogP contribution in [-0.2, 0) is 9.59 Å². The van der Waals surface area contributed by atoms with Crippen molar-refractivity contribution in [2.45, 2.75) is 57.5 Å². The predicted octanol–water partition coefficient (Wildman–Crippen LogP) is 2.43. The lowest BCUT2D eigenvalue weighted by atomic mass is 9.82. The largest absolute Gasteiger partial charge is 0.348 e. The molecular formula is C19H25N3O3. The molecule has 3 rings (SSSR count). The van der Waals surface area contributed by atoms with Gasteiger partial charge in [-0.1, -0.05) is 49.1 Å². The number of hydrogen-bond acceptors (Lipinski definition) is 3. The molecule has 25 heavy (non-hydrogen) atoms. The lowest BCUT2D eigenvalue weighted by Crippen LogP contribution is -2.49. The van der Waals surface area contributed by atoms with Gasteiger partial charge in [0, 0.05) is 0 Å². The Bertz CT molecular complexity index is 678. The van der Waals surface area contributed by atoms with E-state index in [0.29, 0.717) is 12.8 Å². The minimum atomic E-state index is -0.780. The fourth-order valence-electron chi connectivity index (χ4n) is 3.68. The van der Waals surface area contributed by atoms with Crippen LogP contribution in [0, 0.1) is 6.92 Å². The van der Waals surface area contributed by atoms with E-state index in [9.17, 15) is 14.4 Å². The van der Waals surface area contributed by atoms with Crippen LogP contribution in [0.2, 0.25) is 0 Å². The molecule has 134 valence electrons. The molecule has 2 fully saturated rings. The molecule has 1 saturated heterocycles. The minimum Gasteiger partial charge on any atom is -0.348 e. The van der Waals surface area contributed by atoms with Gasteiger partial charge in [0.05, 0.1) is 6.04 Å². The molecule has 0 unspecified atom stereocenters. The van der Waals surface area contributed by atoms with E-state index < -0.39 is 11.6 Å². The third kappa shape index (κ3) is 3.52. The monoisotopic (exact) mass is 343 g/mol. The highest BCUT2D eigenvalue weighted by molar-refractivity contribution is 6.09. The number of rotatable bonds is 4. The van der Waals surface area contributed by atoms with Gasteiger partial charge < -0.3 is 10.6 Å². The Morgan fingerprint density at radius 2 is 1.84 bits per heavy atom. The molecule has 2 N–H and O–H groups in total. The summed E-state index contributed by atoms with van der Waals surface area (Å²) in [6, 6.07) is 7.27. The molecule has 2 aliphatic rings. The van der Waals surface area contributed by atoms with Crippen LogP contribution < -0.4 is 10.6 Å². The van der Waals surface area contributed by atoms with Crippen LogP contribution in [-0.4, -0.2) is 34.8 Å². The zero-order chi connectivity index (χ0) is 18.0. The Kier molecular flexibility index (Phi) is 4.79. The molecule has 4 amide bonds. The highest BCUT2D eigenvalue weighted by Gasteiger charge is 2.51. The SMILES string of the molecule is Cc1ccc([C@@H](C)NC(=O)CN2C(=O)NC3(CCCCC3)C2=O)cc1. The van der Waals surface area contributed by atoms with Crippen molar-refractivity contribution in [2.24, 2.45) is 0 Å². The Morgan fingerprint density at radius 1 is 1.20 bits per heavy atom. The molecule has 0 aromatic heterocycles. The summed E-state index contributed by atoms with van der Waals surface area (Å²) >= 11 is 0. The van der Waals surface area contributed by atoms with Crippen LogP contribution in [0.1, 0.15) is 56.2 Å². The van der Waals surface area contributed by atoms with Crippen molar-refractivity contribution in [3.8, 4) is 0 Å². The summed E-state index contributed by atoms with van der Waals surface area (Å²) in [5.41, 5.74) is 1.36. The number of urea groups is 1. The molecule has 1 aromatic rings. The molecular weight excluding hydrogens is 318 g/mol. The number of hydrogen-bond donors (Lipinski definition) is 2. The molecule has 1 aliphatic heterocycles. The lowest BCUT2D eigenvalue weighted by Gasteiger charge is -2.30. The standard InChI is InChI=1S/C19H25N3O3/c1-13-6-8-15(9-7-13)14(2)20-16(23)12-22-17(24)19(21-18(22)25)10-4-3-5-11-19/h6-9,14H,3-5,10-12H2,1-2H3,(H,20,23)(H,21,25)/t14-/m1/s1. The number of imide groups is 1. The molecule has 0 bridgehead atoms. The van der Waals surface area contributed by atoms with Crippen molar-refractivity contribution in [1.29, 1.82) is 0 Å². The number of benzene rings is 1. The molecule has 1 saturated carbocycles. The molecule has 6 heteroatoms. The first kappa shape index (κ1) is 17.5. The zero-order valence-electron chi connectivity index (χ0n) is 14.8. The number of nitrogens with zero attached hydrogens (tertiary/aromatic N) is 1. The summed E-state index contributed by atoms with van der Waals surface area (Å²) < 4.78 is 0. The van der Waals surface area contributed by atoms with Crippen molar-refractivity contribution in [3.05, 3.63) is 35.4 Å².